The van der Waals surface area contributed by atoms with Crippen molar-refractivity contribution in [3.05, 3.63) is 23.7 Å². The summed E-state index contributed by atoms with van der Waals surface area (Å²) in [5, 5.41) is 4.38. The van der Waals surface area contributed by atoms with Crippen LogP contribution in [0, 0.1) is 6.92 Å². The van der Waals surface area contributed by atoms with Crippen LogP contribution in [0.15, 0.2) is 12.3 Å². The number of nitrogens with two attached hydrogens (primary N) is 1. The van der Waals surface area contributed by atoms with E-state index in [4.69, 9.17) is 5.73 Å². The van der Waals surface area contributed by atoms with Gasteiger partial charge in [0.1, 0.15) is 0 Å². The predicted molar refractivity (Wildman–Crippen MR) is 68.3 cm³/mol. The van der Waals surface area contributed by atoms with E-state index < -0.39 is 12.7 Å². The highest BCUT2D eigenvalue weighted by molar-refractivity contribution is 5.85. The Kier molecular flexibility index (Phi) is 4.75. The monoisotopic (exact) mass is 294 g/mol. The van der Waals surface area contributed by atoms with E-state index in [9.17, 15) is 13.2 Å². The van der Waals surface area contributed by atoms with Crippen molar-refractivity contribution in [1.82, 2.24) is 14.8 Å². The molecule has 0 aliphatic carbocycles. The van der Waals surface area contributed by atoms with Crippen molar-refractivity contribution < 1.29 is 13.2 Å². The van der Waals surface area contributed by atoms with Gasteiger partial charge < -0.3 is 5.73 Å². The molecule has 0 bridgehead atoms. The number of hydrogen-bond acceptors (Lipinski definition) is 3. The molecule has 2 rings (SSSR count). The van der Waals surface area contributed by atoms with Gasteiger partial charge in [-0.25, -0.2) is 17.9 Å². The molecule has 2 aromatic heterocycles. The van der Waals surface area contributed by atoms with Crippen LogP contribution in [0.5, 0.6) is 0 Å². The van der Waals surface area contributed by atoms with Crippen LogP contribution >= 0.6 is 12.4 Å². The minimum absolute atomic E-state index is 0. The lowest BCUT2D eigenvalue weighted by Gasteiger charge is -2.09. The molecule has 0 saturated carbocycles. The minimum atomic E-state index is -3.12. The van der Waals surface area contributed by atoms with E-state index >= 15 is 0 Å². The smallest absolute Gasteiger partial charge is 0.289 e. The van der Waals surface area contributed by atoms with Crippen LogP contribution < -0.4 is 5.73 Å². The van der Waals surface area contributed by atoms with Crippen LogP contribution in [0.4, 0.5) is 13.2 Å². The van der Waals surface area contributed by atoms with Gasteiger partial charge >= 0.3 is 0 Å². The first kappa shape index (κ1) is 15.7. The highest BCUT2D eigenvalue weighted by atomic mass is 35.5. The normalized spacial score (nSPS) is 14.5. The summed E-state index contributed by atoms with van der Waals surface area (Å²) in [4.78, 5) is 4.02. The molecule has 4 nitrogen and oxygen atoms in total. The van der Waals surface area contributed by atoms with Gasteiger partial charge in [-0.15, -0.1) is 12.4 Å². The van der Waals surface area contributed by atoms with Crippen molar-refractivity contribution in [2.24, 2.45) is 5.73 Å². The number of halogens is 4. The van der Waals surface area contributed by atoms with Crippen LogP contribution in [0.3, 0.4) is 0 Å². The third kappa shape index (κ3) is 2.82. The number of rotatable bonds is 3. The highest BCUT2D eigenvalue weighted by Crippen LogP contribution is 2.26. The molecule has 0 radical (unpaired) electrons. The Morgan fingerprint density at radius 3 is 2.47 bits per heavy atom. The molecule has 19 heavy (non-hydrogen) atoms. The van der Waals surface area contributed by atoms with Crippen molar-refractivity contribution in [2.45, 2.75) is 32.6 Å². The van der Waals surface area contributed by atoms with E-state index in [2.05, 4.69) is 10.1 Å². The van der Waals surface area contributed by atoms with Crippen molar-refractivity contribution in [3.8, 4) is 0 Å². The number of aryl methyl sites for hydroxylation is 1. The maximum atomic E-state index is 13.4. The van der Waals surface area contributed by atoms with E-state index in [0.29, 0.717) is 21.5 Å². The average Bonchev–Trinajstić information content (AvgIpc) is 2.65. The third-order valence-corrected chi connectivity index (χ3v) is 2.71. The molecule has 1 unspecified atom stereocenters. The highest BCUT2D eigenvalue weighted by Gasteiger charge is 2.25. The summed E-state index contributed by atoms with van der Waals surface area (Å²) >= 11 is 0. The summed E-state index contributed by atoms with van der Waals surface area (Å²) in [6.45, 7) is 3.38. The van der Waals surface area contributed by atoms with E-state index in [1.807, 2.05) is 0 Å². The fraction of sp³-hybridized carbons (Fsp3) is 0.455. The van der Waals surface area contributed by atoms with Crippen LogP contribution in [-0.2, 0) is 0 Å². The van der Waals surface area contributed by atoms with Crippen molar-refractivity contribution in [2.75, 3.05) is 0 Å². The fourth-order valence-corrected chi connectivity index (χ4v) is 1.75. The fourth-order valence-electron chi connectivity index (χ4n) is 1.75. The lowest BCUT2D eigenvalue weighted by atomic mass is 10.1. The molecule has 8 heteroatoms. The standard InChI is InChI=1S/C11H13F3N4.ClH/c1-5(15)8-3-7-6(2)17-18(9(7)4-16-8)11(14)10(12)13;/h3-5,10-11H,15H2,1-2H3;1H/t5-,11?;/m1./s1. The zero-order valence-corrected chi connectivity index (χ0v) is 11.2. The summed E-state index contributed by atoms with van der Waals surface area (Å²) in [7, 11) is 0. The van der Waals surface area contributed by atoms with Gasteiger partial charge in [-0.3, -0.25) is 4.98 Å². The SMILES string of the molecule is Cc1nn(C(F)C(F)F)c2cnc([C@@H](C)N)cc12.Cl. The Morgan fingerprint density at radius 2 is 1.95 bits per heavy atom. The van der Waals surface area contributed by atoms with Crippen molar-refractivity contribution in [3.63, 3.8) is 0 Å². The van der Waals surface area contributed by atoms with Gasteiger partial charge in [-0.2, -0.15) is 5.10 Å². The Morgan fingerprint density at radius 1 is 1.32 bits per heavy atom. The first-order valence-electron chi connectivity index (χ1n) is 5.44. The molecule has 0 amide bonds. The average molecular weight is 295 g/mol. The first-order chi connectivity index (χ1) is 8.41. The molecular formula is C11H14ClF3N4. The summed E-state index contributed by atoms with van der Waals surface area (Å²) in [5.74, 6) is 0. The largest absolute Gasteiger partial charge is 0.323 e. The molecule has 0 saturated heterocycles. The van der Waals surface area contributed by atoms with Gasteiger partial charge in [0.05, 0.1) is 23.1 Å². The zero-order valence-electron chi connectivity index (χ0n) is 10.3. The van der Waals surface area contributed by atoms with Gasteiger partial charge in [-0.1, -0.05) is 0 Å². The Bertz CT molecular complexity index is 570. The van der Waals surface area contributed by atoms with Gasteiger partial charge in [0.2, 0.25) is 0 Å². The van der Waals surface area contributed by atoms with Crippen LogP contribution in [0.1, 0.15) is 30.6 Å². The van der Waals surface area contributed by atoms with Gasteiger partial charge in [0.25, 0.3) is 12.7 Å². The molecular weight excluding hydrogens is 281 g/mol. The van der Waals surface area contributed by atoms with E-state index in [-0.39, 0.29) is 24.0 Å². The maximum absolute atomic E-state index is 13.4. The molecule has 0 aliphatic rings. The number of nitrogens with zero attached hydrogens (tertiary/aromatic N) is 3. The van der Waals surface area contributed by atoms with Gasteiger partial charge in [-0.05, 0) is 19.9 Å². The summed E-state index contributed by atoms with van der Waals surface area (Å²) in [6, 6.07) is 1.37. The summed E-state index contributed by atoms with van der Waals surface area (Å²) in [6.07, 6.45) is -4.27. The van der Waals surface area contributed by atoms with Crippen LogP contribution in [-0.4, -0.2) is 21.2 Å². The summed E-state index contributed by atoms with van der Waals surface area (Å²) in [5.41, 5.74) is 7.01. The maximum Gasteiger partial charge on any atom is 0.289 e. The van der Waals surface area contributed by atoms with Gasteiger partial charge in [0, 0.05) is 11.4 Å². The molecule has 2 aromatic rings. The second-order valence-electron chi connectivity index (χ2n) is 4.15. The first-order valence-corrected chi connectivity index (χ1v) is 5.44. The van der Waals surface area contributed by atoms with E-state index in [1.165, 1.54) is 6.20 Å². The number of fused-ring (bicyclic) bond motifs is 1. The molecule has 106 valence electrons. The van der Waals surface area contributed by atoms with E-state index in [1.54, 1.807) is 19.9 Å². The Labute approximate surface area is 114 Å². The second kappa shape index (κ2) is 5.75. The van der Waals surface area contributed by atoms with E-state index in [0.717, 1.165) is 0 Å². The number of hydrogen-bond donors (Lipinski definition) is 1. The Hall–Kier alpha value is -1.34. The minimum Gasteiger partial charge on any atom is -0.323 e. The number of pyridine rings is 1. The Balaban J connectivity index is 0.00000180. The molecule has 2 heterocycles. The van der Waals surface area contributed by atoms with Crippen molar-refractivity contribution >= 4 is 23.3 Å². The topological polar surface area (TPSA) is 56.7 Å². The molecule has 0 fully saturated rings. The van der Waals surface area contributed by atoms with Crippen LogP contribution in [0.25, 0.3) is 10.9 Å². The van der Waals surface area contributed by atoms with Crippen molar-refractivity contribution in [1.29, 1.82) is 0 Å². The lowest BCUT2D eigenvalue weighted by Crippen LogP contribution is -2.14. The third-order valence-electron chi connectivity index (χ3n) is 2.71. The number of alkyl halides is 3. The lowest BCUT2D eigenvalue weighted by molar-refractivity contribution is 0.00327. The molecule has 2 N–H and O–H groups in total. The molecule has 0 aliphatic heterocycles. The molecule has 0 spiro atoms. The summed E-state index contributed by atoms with van der Waals surface area (Å²) < 4.78 is 38.8. The quantitative estimate of drug-likeness (QED) is 0.947. The molecule has 0 aromatic carbocycles. The van der Waals surface area contributed by atoms with Gasteiger partial charge in [0.15, 0.2) is 0 Å². The van der Waals surface area contributed by atoms with Crippen LogP contribution in [0.2, 0.25) is 0 Å². The number of aromatic nitrogens is 3. The molecule has 2 atom stereocenters. The zero-order chi connectivity index (χ0) is 13.4. The predicted octanol–water partition coefficient (Wildman–Crippen LogP) is 2.91. The second-order valence-corrected chi connectivity index (χ2v) is 4.15.